The van der Waals surface area contributed by atoms with E-state index in [0.717, 1.165) is 98.1 Å². The van der Waals surface area contributed by atoms with Gasteiger partial charge in [-0.2, -0.15) is 0 Å². The standard InChI is InChI=1S/C22H13NO2.2C22H15NO/c24-16-10-17(25)21-19-13-7-3-4-8-15(13)23-22(19)14-9-11-5-1-2-6-12(11)18(14)20(16)21;24-18-10-9-15-20-14-7-3-4-8-17(14)23-22(20)16-11-12-5-1-2-6-13(12)19(16)21(15)18;24-18-10-9-15-19-13-6-2-1-5-12(13)11-16(19)22-21(20(15)18)14-7-3-4-8-17(14)23-22/h1-8,23H,9-10H2;2*1-8,23H,9-11H2. The number of benzene rings is 9. The van der Waals surface area contributed by atoms with Gasteiger partial charge < -0.3 is 15.0 Å². The van der Waals surface area contributed by atoms with Gasteiger partial charge >= 0.3 is 0 Å². The lowest BCUT2D eigenvalue weighted by atomic mass is 9.92. The van der Waals surface area contributed by atoms with Gasteiger partial charge in [-0.05, 0) is 109 Å². The number of H-pyrrole nitrogens is 3. The number of ketones is 4. The molecule has 18 rings (SSSR count). The monoisotopic (exact) mass is 941 g/mol. The molecule has 6 aliphatic rings. The predicted octanol–water partition coefficient (Wildman–Crippen LogP) is 14.7. The van der Waals surface area contributed by atoms with E-state index >= 15 is 0 Å². The second-order valence-corrected chi connectivity index (χ2v) is 20.7. The van der Waals surface area contributed by atoms with Crippen LogP contribution in [0.25, 0.3) is 98.8 Å². The maximum Gasteiger partial charge on any atom is 0.172 e. The van der Waals surface area contributed by atoms with Gasteiger partial charge in [-0.15, -0.1) is 0 Å². The molecule has 0 saturated heterocycles. The molecule has 0 radical (unpaired) electrons. The van der Waals surface area contributed by atoms with Crippen molar-refractivity contribution >= 4 is 88.6 Å². The molecule has 0 spiro atoms. The molecule has 7 nitrogen and oxygen atoms in total. The lowest BCUT2D eigenvalue weighted by molar-refractivity contribution is 0.0920. The summed E-state index contributed by atoms with van der Waals surface area (Å²) in [5, 5.41) is 6.80. The average molecular weight is 942 g/mol. The quantitative estimate of drug-likeness (QED) is 0.131. The van der Waals surface area contributed by atoms with Crippen molar-refractivity contribution in [1.82, 2.24) is 15.0 Å². The summed E-state index contributed by atoms with van der Waals surface area (Å²) in [5.41, 5.74) is 27.4. The van der Waals surface area contributed by atoms with Gasteiger partial charge in [0.2, 0.25) is 0 Å². The van der Waals surface area contributed by atoms with Crippen molar-refractivity contribution in [1.29, 1.82) is 0 Å². The Balaban J connectivity index is 0.0000000936. The first kappa shape index (κ1) is 40.8. The van der Waals surface area contributed by atoms with Gasteiger partial charge in [-0.3, -0.25) is 19.2 Å². The SMILES string of the molecule is O=C1CC(=O)c2c1c1c(c3[nH]c4ccccc4c23)Cc2ccccc2-1.O=C1CCc2c1c1c(c3[nH]c4ccccc4c23)Cc2ccccc2-1.O=C1CCc2c3c(c4[nH]c5ccccc5c4c21)Cc1ccccc1-3. The van der Waals surface area contributed by atoms with Crippen molar-refractivity contribution in [3.8, 4) is 33.4 Å². The number of fused-ring (bicyclic) bond motifs is 30. The van der Waals surface area contributed by atoms with E-state index < -0.39 is 0 Å². The number of rotatable bonds is 0. The van der Waals surface area contributed by atoms with E-state index in [1.165, 1.54) is 88.4 Å². The second kappa shape index (κ2) is 14.8. The molecule has 3 aromatic heterocycles. The maximum atomic E-state index is 12.7. The fourth-order valence-electron chi connectivity index (χ4n) is 14.1. The number of carbonyl (C=O) groups is 4. The Morgan fingerprint density at radius 3 is 1.21 bits per heavy atom. The number of aryl methyl sites for hydroxylation is 1. The maximum absolute atomic E-state index is 12.7. The highest BCUT2D eigenvalue weighted by Gasteiger charge is 2.39. The van der Waals surface area contributed by atoms with Crippen molar-refractivity contribution in [2.24, 2.45) is 0 Å². The minimum absolute atomic E-state index is 0.0113. The van der Waals surface area contributed by atoms with Gasteiger partial charge in [0.15, 0.2) is 23.1 Å². The van der Waals surface area contributed by atoms with Crippen molar-refractivity contribution < 1.29 is 19.2 Å². The van der Waals surface area contributed by atoms with Crippen LogP contribution in [-0.2, 0) is 32.1 Å². The number of nitrogens with one attached hydrogen (secondary N) is 3. The first-order chi connectivity index (χ1) is 35.9. The number of para-hydroxylation sites is 3. The van der Waals surface area contributed by atoms with E-state index in [0.29, 0.717) is 35.5 Å². The number of Topliss-reactive ketones (excluding diaryl/α,β-unsaturated/α-hetero) is 4. The molecule has 0 amide bonds. The van der Waals surface area contributed by atoms with E-state index in [-0.39, 0.29) is 18.0 Å². The Morgan fingerprint density at radius 1 is 0.274 bits per heavy atom. The third-order valence-electron chi connectivity index (χ3n) is 17.0. The van der Waals surface area contributed by atoms with E-state index in [9.17, 15) is 19.2 Å². The third kappa shape index (κ3) is 5.48. The molecule has 346 valence electrons. The number of hydrogen-bond acceptors (Lipinski definition) is 4. The van der Waals surface area contributed by atoms with E-state index in [2.05, 4.69) is 124 Å². The molecule has 12 aromatic rings. The summed E-state index contributed by atoms with van der Waals surface area (Å²) in [4.78, 5) is 61.6. The number of hydrogen-bond donors (Lipinski definition) is 3. The number of aromatic nitrogens is 3. The highest BCUT2D eigenvalue weighted by molar-refractivity contribution is 6.35. The number of aromatic amines is 3. The summed E-state index contributed by atoms with van der Waals surface area (Å²) in [6, 6.07) is 50.2. The van der Waals surface area contributed by atoms with Crippen LogP contribution in [0.2, 0.25) is 0 Å². The molecular weight excluding hydrogens is 899 g/mol. The Kier molecular flexibility index (Phi) is 8.27. The molecule has 9 aromatic carbocycles. The Bertz CT molecular complexity index is 4590. The lowest BCUT2D eigenvalue weighted by Gasteiger charge is -2.10. The largest absolute Gasteiger partial charge is 0.354 e. The summed E-state index contributed by atoms with van der Waals surface area (Å²) in [7, 11) is 0. The molecule has 6 aliphatic carbocycles. The fourth-order valence-corrected chi connectivity index (χ4v) is 14.1. The van der Waals surface area contributed by atoms with Crippen molar-refractivity contribution in [2.45, 2.75) is 51.4 Å². The van der Waals surface area contributed by atoms with Crippen molar-refractivity contribution in [2.75, 3.05) is 0 Å². The molecule has 0 atom stereocenters. The smallest absolute Gasteiger partial charge is 0.172 e. The van der Waals surface area contributed by atoms with Gasteiger partial charge in [-0.1, -0.05) is 127 Å². The summed E-state index contributed by atoms with van der Waals surface area (Å²) in [5.74, 6) is 0.513. The molecule has 73 heavy (non-hydrogen) atoms. The van der Waals surface area contributed by atoms with Crippen LogP contribution in [0.1, 0.15) is 105 Å². The zero-order valence-corrected chi connectivity index (χ0v) is 39.6. The molecule has 0 aliphatic heterocycles. The van der Waals surface area contributed by atoms with Gasteiger partial charge in [0.25, 0.3) is 0 Å². The zero-order valence-electron chi connectivity index (χ0n) is 39.6. The second-order valence-electron chi connectivity index (χ2n) is 20.7. The summed E-state index contributed by atoms with van der Waals surface area (Å²) in [6.07, 6.45) is 5.67. The van der Waals surface area contributed by atoms with E-state index in [1.54, 1.807) is 0 Å². The van der Waals surface area contributed by atoms with Crippen LogP contribution >= 0.6 is 0 Å². The average Bonchev–Trinajstić information content (AvgIpc) is 4.29. The summed E-state index contributed by atoms with van der Waals surface area (Å²) >= 11 is 0. The minimum atomic E-state index is -0.0538. The first-order valence-electron chi connectivity index (χ1n) is 25.5. The van der Waals surface area contributed by atoms with Crippen molar-refractivity contribution in [3.63, 3.8) is 0 Å². The fraction of sp³-hybridized carbons (Fsp3) is 0.121. The van der Waals surface area contributed by atoms with Crippen LogP contribution in [0.15, 0.2) is 146 Å². The van der Waals surface area contributed by atoms with Crippen LogP contribution in [0.4, 0.5) is 0 Å². The van der Waals surface area contributed by atoms with Crippen LogP contribution in [0.5, 0.6) is 0 Å². The molecule has 0 unspecified atom stereocenters. The highest BCUT2D eigenvalue weighted by Crippen LogP contribution is 2.52. The first-order valence-corrected chi connectivity index (χ1v) is 25.5. The van der Waals surface area contributed by atoms with Crippen molar-refractivity contribution in [3.05, 3.63) is 212 Å². The number of carbonyl (C=O) groups excluding carboxylic acids is 4. The molecule has 0 fully saturated rings. The molecule has 0 bridgehead atoms. The minimum Gasteiger partial charge on any atom is -0.354 e. The van der Waals surface area contributed by atoms with Crippen LogP contribution in [0, 0.1) is 0 Å². The Labute approximate surface area is 417 Å². The highest BCUT2D eigenvalue weighted by atomic mass is 16.2. The molecular formula is C66H43N3O4. The van der Waals surface area contributed by atoms with Crippen LogP contribution < -0.4 is 0 Å². The summed E-state index contributed by atoms with van der Waals surface area (Å²) < 4.78 is 0. The van der Waals surface area contributed by atoms with Crippen LogP contribution in [0.3, 0.4) is 0 Å². The molecule has 0 saturated carbocycles. The predicted molar refractivity (Wildman–Crippen MR) is 291 cm³/mol. The van der Waals surface area contributed by atoms with Crippen LogP contribution in [-0.4, -0.2) is 38.1 Å². The molecule has 3 N–H and O–H groups in total. The van der Waals surface area contributed by atoms with Gasteiger partial charge in [-0.25, -0.2) is 0 Å². The lowest BCUT2D eigenvalue weighted by Crippen LogP contribution is -1.98. The normalized spacial score (nSPS) is 15.1. The van der Waals surface area contributed by atoms with E-state index in [4.69, 9.17) is 0 Å². The Hall–Kier alpha value is -8.94. The molecule has 3 heterocycles. The van der Waals surface area contributed by atoms with Gasteiger partial charge in [0.05, 0.1) is 23.0 Å². The molecule has 7 heteroatoms. The van der Waals surface area contributed by atoms with E-state index in [1.807, 2.05) is 36.4 Å². The van der Waals surface area contributed by atoms with Gasteiger partial charge in [0, 0.05) is 103 Å². The Morgan fingerprint density at radius 2 is 0.658 bits per heavy atom. The topological polar surface area (TPSA) is 116 Å². The van der Waals surface area contributed by atoms with Gasteiger partial charge in [0.1, 0.15) is 0 Å². The zero-order chi connectivity index (χ0) is 48.4. The summed E-state index contributed by atoms with van der Waals surface area (Å²) in [6.45, 7) is 0. The third-order valence-corrected chi connectivity index (χ3v) is 17.0.